The molecule has 0 saturated carbocycles. The maximum atomic E-state index is 13.1. The Balaban J connectivity index is 1.73. The van der Waals surface area contributed by atoms with Gasteiger partial charge >= 0.3 is 6.18 Å². The Labute approximate surface area is 115 Å². The highest BCUT2D eigenvalue weighted by atomic mass is 19.4. The zero-order chi connectivity index (χ0) is 14.6. The largest absolute Gasteiger partial charge is 0.401 e. The topological polar surface area (TPSA) is 15.3 Å². The highest BCUT2D eigenvalue weighted by Gasteiger charge is 2.27. The molecule has 20 heavy (non-hydrogen) atoms. The first-order valence-corrected chi connectivity index (χ1v) is 6.72. The van der Waals surface area contributed by atoms with E-state index in [4.69, 9.17) is 0 Å². The van der Waals surface area contributed by atoms with E-state index in [0.29, 0.717) is 18.9 Å². The number of rotatable bonds is 5. The summed E-state index contributed by atoms with van der Waals surface area (Å²) in [6.07, 6.45) is -2.50. The number of nitrogens with zero attached hydrogens (tertiary/aromatic N) is 1. The monoisotopic (exact) mass is 290 g/mol. The first-order valence-electron chi connectivity index (χ1n) is 6.72. The Hall–Kier alpha value is -1.30. The van der Waals surface area contributed by atoms with Crippen molar-refractivity contribution in [2.75, 3.05) is 31.1 Å². The second-order valence-corrected chi connectivity index (χ2v) is 5.16. The van der Waals surface area contributed by atoms with E-state index in [9.17, 15) is 17.6 Å². The lowest BCUT2D eigenvalue weighted by molar-refractivity contribution is -0.124. The molecule has 1 aliphatic rings. The molecule has 1 saturated heterocycles. The number of benzene rings is 1. The van der Waals surface area contributed by atoms with Gasteiger partial charge in [0.1, 0.15) is 5.82 Å². The van der Waals surface area contributed by atoms with Crippen LogP contribution in [-0.4, -0.2) is 32.4 Å². The predicted molar refractivity (Wildman–Crippen MR) is 70.3 cm³/mol. The van der Waals surface area contributed by atoms with Crippen LogP contribution in [0.15, 0.2) is 24.3 Å². The first kappa shape index (κ1) is 15.1. The number of hydrogen-bond donors (Lipinski definition) is 1. The van der Waals surface area contributed by atoms with Crippen molar-refractivity contribution in [2.24, 2.45) is 5.92 Å². The second-order valence-electron chi connectivity index (χ2n) is 5.16. The van der Waals surface area contributed by atoms with Gasteiger partial charge in [-0.05, 0) is 43.5 Å². The summed E-state index contributed by atoms with van der Waals surface area (Å²) in [5.74, 6) is 0.0943. The van der Waals surface area contributed by atoms with Crippen molar-refractivity contribution in [2.45, 2.75) is 19.0 Å². The van der Waals surface area contributed by atoms with Gasteiger partial charge in [0.15, 0.2) is 0 Å². The van der Waals surface area contributed by atoms with E-state index >= 15 is 0 Å². The van der Waals surface area contributed by atoms with Crippen LogP contribution in [0.4, 0.5) is 23.2 Å². The minimum atomic E-state index is -4.15. The highest BCUT2D eigenvalue weighted by molar-refractivity contribution is 5.47. The standard InChI is InChI=1S/C14H18F4N2/c15-12-2-1-3-13(8-12)20-7-5-11(9-20)4-6-19-10-14(16,17)18/h1-3,8,11,19H,4-7,9-10H2. The van der Waals surface area contributed by atoms with Crippen LogP contribution in [0.2, 0.25) is 0 Å². The minimum absolute atomic E-state index is 0.266. The van der Waals surface area contributed by atoms with Crippen LogP contribution in [0.5, 0.6) is 0 Å². The van der Waals surface area contributed by atoms with Crippen molar-refractivity contribution in [3.05, 3.63) is 30.1 Å². The van der Waals surface area contributed by atoms with Gasteiger partial charge in [0.05, 0.1) is 6.54 Å². The number of nitrogens with one attached hydrogen (secondary N) is 1. The summed E-state index contributed by atoms with van der Waals surface area (Å²) in [5, 5.41) is 2.41. The molecule has 2 rings (SSSR count). The van der Waals surface area contributed by atoms with Crippen LogP contribution in [-0.2, 0) is 0 Å². The molecule has 0 amide bonds. The molecule has 1 heterocycles. The Bertz CT molecular complexity index is 433. The number of alkyl halides is 3. The van der Waals surface area contributed by atoms with Gasteiger partial charge in [0, 0.05) is 18.8 Å². The lowest BCUT2D eigenvalue weighted by Crippen LogP contribution is -2.30. The average molecular weight is 290 g/mol. The molecule has 0 aliphatic carbocycles. The molecular formula is C14H18F4N2. The number of anilines is 1. The van der Waals surface area contributed by atoms with E-state index < -0.39 is 12.7 Å². The Morgan fingerprint density at radius 3 is 2.80 bits per heavy atom. The molecular weight excluding hydrogens is 272 g/mol. The van der Waals surface area contributed by atoms with E-state index in [0.717, 1.165) is 25.2 Å². The Kier molecular flexibility index (Phi) is 4.86. The van der Waals surface area contributed by atoms with Gasteiger partial charge in [-0.15, -0.1) is 0 Å². The summed E-state index contributed by atoms with van der Waals surface area (Å²) >= 11 is 0. The van der Waals surface area contributed by atoms with Gasteiger partial charge in [0.25, 0.3) is 0 Å². The van der Waals surface area contributed by atoms with Crippen LogP contribution >= 0.6 is 0 Å². The smallest absolute Gasteiger partial charge is 0.371 e. The molecule has 0 aromatic heterocycles. The van der Waals surface area contributed by atoms with Crippen molar-refractivity contribution in [3.63, 3.8) is 0 Å². The fourth-order valence-corrected chi connectivity index (χ4v) is 2.51. The number of hydrogen-bond acceptors (Lipinski definition) is 2. The number of halogens is 4. The zero-order valence-corrected chi connectivity index (χ0v) is 11.1. The quantitative estimate of drug-likeness (QED) is 0.662. The average Bonchev–Trinajstić information content (AvgIpc) is 2.82. The molecule has 1 atom stereocenters. The van der Waals surface area contributed by atoms with E-state index in [1.807, 2.05) is 6.07 Å². The summed E-state index contributed by atoms with van der Waals surface area (Å²) < 4.78 is 49.0. The van der Waals surface area contributed by atoms with Crippen LogP contribution in [0.3, 0.4) is 0 Å². The molecule has 1 fully saturated rings. The lowest BCUT2D eigenvalue weighted by Gasteiger charge is -2.19. The summed E-state index contributed by atoms with van der Waals surface area (Å²) in [4.78, 5) is 2.08. The van der Waals surface area contributed by atoms with Gasteiger partial charge in [-0.25, -0.2) is 4.39 Å². The fourth-order valence-electron chi connectivity index (χ4n) is 2.51. The van der Waals surface area contributed by atoms with E-state index in [2.05, 4.69) is 10.2 Å². The summed E-state index contributed by atoms with van der Waals surface area (Å²) in [7, 11) is 0. The summed E-state index contributed by atoms with van der Waals surface area (Å²) in [6.45, 7) is 1.03. The van der Waals surface area contributed by atoms with Crippen molar-refractivity contribution in [3.8, 4) is 0 Å². The maximum Gasteiger partial charge on any atom is 0.401 e. The molecule has 1 aliphatic heterocycles. The molecule has 1 aromatic carbocycles. The van der Waals surface area contributed by atoms with Gasteiger partial charge < -0.3 is 10.2 Å². The highest BCUT2D eigenvalue weighted by Crippen LogP contribution is 2.25. The predicted octanol–water partition coefficient (Wildman–Crippen LogP) is 3.19. The van der Waals surface area contributed by atoms with Crippen molar-refractivity contribution < 1.29 is 17.6 Å². The third-order valence-corrected chi connectivity index (χ3v) is 3.51. The van der Waals surface area contributed by atoms with Gasteiger partial charge in [0.2, 0.25) is 0 Å². The third-order valence-electron chi connectivity index (χ3n) is 3.51. The molecule has 0 radical (unpaired) electrons. The lowest BCUT2D eigenvalue weighted by atomic mass is 10.1. The van der Waals surface area contributed by atoms with E-state index in [-0.39, 0.29) is 5.82 Å². The normalized spacial score (nSPS) is 19.6. The van der Waals surface area contributed by atoms with Crippen molar-refractivity contribution in [1.29, 1.82) is 0 Å². The van der Waals surface area contributed by atoms with Crippen LogP contribution < -0.4 is 10.2 Å². The summed E-state index contributed by atoms with van der Waals surface area (Å²) in [5.41, 5.74) is 0.843. The Morgan fingerprint density at radius 1 is 1.30 bits per heavy atom. The Morgan fingerprint density at radius 2 is 2.10 bits per heavy atom. The van der Waals surface area contributed by atoms with Gasteiger partial charge in [-0.2, -0.15) is 13.2 Å². The SMILES string of the molecule is Fc1cccc(N2CCC(CCNCC(F)(F)F)C2)c1. The molecule has 0 bridgehead atoms. The maximum absolute atomic E-state index is 13.1. The molecule has 2 nitrogen and oxygen atoms in total. The van der Waals surface area contributed by atoms with Gasteiger partial charge in [-0.3, -0.25) is 0 Å². The van der Waals surface area contributed by atoms with Crippen molar-refractivity contribution in [1.82, 2.24) is 5.32 Å². The zero-order valence-electron chi connectivity index (χ0n) is 11.1. The molecule has 0 spiro atoms. The first-order chi connectivity index (χ1) is 9.44. The molecule has 1 N–H and O–H groups in total. The molecule has 1 unspecified atom stereocenters. The minimum Gasteiger partial charge on any atom is -0.371 e. The van der Waals surface area contributed by atoms with E-state index in [1.54, 1.807) is 6.07 Å². The molecule has 112 valence electrons. The van der Waals surface area contributed by atoms with Crippen LogP contribution in [0.25, 0.3) is 0 Å². The van der Waals surface area contributed by atoms with Crippen LogP contribution in [0.1, 0.15) is 12.8 Å². The van der Waals surface area contributed by atoms with E-state index in [1.165, 1.54) is 12.1 Å². The summed E-state index contributed by atoms with van der Waals surface area (Å²) in [6, 6.07) is 6.42. The van der Waals surface area contributed by atoms with Crippen molar-refractivity contribution >= 4 is 5.69 Å². The van der Waals surface area contributed by atoms with Gasteiger partial charge in [-0.1, -0.05) is 6.07 Å². The second kappa shape index (κ2) is 6.43. The molecule has 6 heteroatoms. The molecule has 1 aromatic rings. The fraction of sp³-hybridized carbons (Fsp3) is 0.571. The van der Waals surface area contributed by atoms with Crippen LogP contribution in [0, 0.1) is 11.7 Å². The third kappa shape index (κ3) is 4.67.